The average molecular weight is 390 g/mol. The Bertz CT molecular complexity index is 989. The van der Waals surface area contributed by atoms with Crippen molar-refractivity contribution < 1.29 is 9.21 Å². The lowest BCUT2D eigenvalue weighted by Crippen LogP contribution is -2.45. The van der Waals surface area contributed by atoms with Crippen LogP contribution in [0.25, 0.3) is 11.1 Å². The van der Waals surface area contributed by atoms with E-state index >= 15 is 0 Å². The number of carbonyl (C=O) groups is 1. The van der Waals surface area contributed by atoms with Gasteiger partial charge in [0.15, 0.2) is 11.5 Å². The van der Waals surface area contributed by atoms with Crippen molar-refractivity contribution in [2.24, 2.45) is 0 Å². The lowest BCUT2D eigenvalue weighted by molar-refractivity contribution is 0.190. The van der Waals surface area contributed by atoms with Gasteiger partial charge in [-0.05, 0) is 49.4 Å². The zero-order valence-electron chi connectivity index (χ0n) is 16.4. The predicted molar refractivity (Wildman–Crippen MR) is 113 cm³/mol. The minimum absolute atomic E-state index is 0.156. The van der Waals surface area contributed by atoms with E-state index in [-0.39, 0.29) is 12.1 Å². The number of anilines is 1. The fourth-order valence-corrected chi connectivity index (χ4v) is 3.96. The second-order valence-electron chi connectivity index (χ2n) is 8.14. The van der Waals surface area contributed by atoms with E-state index in [2.05, 4.69) is 44.8 Å². The first-order valence-electron chi connectivity index (χ1n) is 10.5. The molecule has 150 valence electrons. The van der Waals surface area contributed by atoms with E-state index in [4.69, 9.17) is 4.42 Å². The monoisotopic (exact) mass is 390 g/mol. The summed E-state index contributed by atoms with van der Waals surface area (Å²) in [6.45, 7) is 2.96. The molecule has 6 heteroatoms. The van der Waals surface area contributed by atoms with E-state index in [9.17, 15) is 4.79 Å². The Morgan fingerprint density at radius 3 is 2.62 bits per heavy atom. The fraction of sp³-hybridized carbons (Fsp3) is 0.391. The maximum Gasteiger partial charge on any atom is 0.319 e. The van der Waals surface area contributed by atoms with Crippen molar-refractivity contribution in [3.63, 3.8) is 0 Å². The third-order valence-electron chi connectivity index (χ3n) is 5.76. The number of oxazole rings is 1. The number of nitrogens with zero attached hydrogens (tertiary/aromatic N) is 2. The summed E-state index contributed by atoms with van der Waals surface area (Å²) < 4.78 is 5.78. The minimum atomic E-state index is -0.156. The molecule has 29 heavy (non-hydrogen) atoms. The van der Waals surface area contributed by atoms with Crippen molar-refractivity contribution in [1.29, 1.82) is 0 Å². The van der Waals surface area contributed by atoms with Gasteiger partial charge in [0.1, 0.15) is 5.52 Å². The van der Waals surface area contributed by atoms with Gasteiger partial charge in [0.25, 0.3) is 0 Å². The van der Waals surface area contributed by atoms with E-state index in [1.54, 1.807) is 0 Å². The Kier molecular flexibility index (Phi) is 4.94. The zero-order valence-corrected chi connectivity index (χ0v) is 16.4. The number of nitrogens with one attached hydrogen (secondary N) is 2. The molecule has 2 amide bonds. The van der Waals surface area contributed by atoms with Crippen molar-refractivity contribution in [3.05, 3.63) is 60.0 Å². The molecule has 2 heterocycles. The van der Waals surface area contributed by atoms with Crippen LogP contribution in [0.5, 0.6) is 0 Å². The molecule has 1 aliphatic carbocycles. The molecule has 0 spiro atoms. The molecule has 0 unspecified atom stereocenters. The maximum absolute atomic E-state index is 12.4. The zero-order chi connectivity index (χ0) is 19.6. The van der Waals surface area contributed by atoms with Gasteiger partial charge in [-0.3, -0.25) is 4.90 Å². The van der Waals surface area contributed by atoms with Crippen LogP contribution in [0.1, 0.15) is 43.1 Å². The van der Waals surface area contributed by atoms with Gasteiger partial charge >= 0.3 is 6.03 Å². The van der Waals surface area contributed by atoms with E-state index in [1.165, 1.54) is 5.56 Å². The smallest absolute Gasteiger partial charge is 0.319 e. The number of benzene rings is 2. The molecule has 2 N–H and O–H groups in total. The molecule has 5 rings (SSSR count). The lowest BCUT2D eigenvalue weighted by atomic mass is 10.0. The summed E-state index contributed by atoms with van der Waals surface area (Å²) in [5.74, 6) is 1.30. The van der Waals surface area contributed by atoms with Crippen LogP contribution in [-0.2, 0) is 6.54 Å². The van der Waals surface area contributed by atoms with Gasteiger partial charge in [-0.1, -0.05) is 30.3 Å². The van der Waals surface area contributed by atoms with Gasteiger partial charge < -0.3 is 15.1 Å². The first kappa shape index (κ1) is 18.2. The standard InChI is InChI=1S/C23H26N4O2/c28-23(24-18-10-12-27(13-11-18)15-16-4-2-1-3-5-16)25-19-8-9-21-20(14-19)26-22(29-21)17-6-7-17/h1-5,8-9,14,17-18H,6-7,10-13,15H2,(H2,24,25,28). The molecule has 0 bridgehead atoms. The van der Waals surface area contributed by atoms with Crippen molar-refractivity contribution >= 4 is 22.8 Å². The third kappa shape index (κ3) is 4.43. The average Bonchev–Trinajstić information content (AvgIpc) is 3.50. The summed E-state index contributed by atoms with van der Waals surface area (Å²) >= 11 is 0. The van der Waals surface area contributed by atoms with Gasteiger partial charge in [0.05, 0.1) is 0 Å². The molecular formula is C23H26N4O2. The molecule has 1 saturated carbocycles. The largest absolute Gasteiger partial charge is 0.440 e. The summed E-state index contributed by atoms with van der Waals surface area (Å²) in [5.41, 5.74) is 3.67. The second-order valence-corrected chi connectivity index (χ2v) is 8.14. The Balaban J connectivity index is 1.12. The number of piperidine rings is 1. The highest BCUT2D eigenvalue weighted by molar-refractivity contribution is 5.91. The van der Waals surface area contributed by atoms with E-state index in [0.29, 0.717) is 5.92 Å². The SMILES string of the molecule is O=C(Nc1ccc2oc(C3CC3)nc2c1)NC1CCN(Cc2ccccc2)CC1. The number of rotatable bonds is 5. The van der Waals surface area contributed by atoms with Crippen LogP contribution < -0.4 is 10.6 Å². The number of urea groups is 1. The number of aromatic nitrogens is 1. The lowest BCUT2D eigenvalue weighted by Gasteiger charge is -2.32. The molecule has 2 fully saturated rings. The molecule has 2 aromatic carbocycles. The van der Waals surface area contributed by atoms with Gasteiger partial charge in [-0.15, -0.1) is 0 Å². The first-order valence-corrected chi connectivity index (χ1v) is 10.5. The summed E-state index contributed by atoms with van der Waals surface area (Å²) in [6, 6.07) is 16.2. The molecule has 0 atom stereocenters. The van der Waals surface area contributed by atoms with Crippen LogP contribution in [0.3, 0.4) is 0 Å². The van der Waals surface area contributed by atoms with Gasteiger partial charge in [-0.25, -0.2) is 9.78 Å². The maximum atomic E-state index is 12.4. The number of hydrogen-bond donors (Lipinski definition) is 2. The normalized spacial score (nSPS) is 18.1. The van der Waals surface area contributed by atoms with Crippen molar-refractivity contribution in [2.75, 3.05) is 18.4 Å². The van der Waals surface area contributed by atoms with Crippen LogP contribution in [0.2, 0.25) is 0 Å². The number of amides is 2. The fourth-order valence-electron chi connectivity index (χ4n) is 3.96. The summed E-state index contributed by atoms with van der Waals surface area (Å²) in [5, 5.41) is 6.05. The number of fused-ring (bicyclic) bond motifs is 1. The molecule has 6 nitrogen and oxygen atoms in total. The highest BCUT2D eigenvalue weighted by atomic mass is 16.3. The van der Waals surface area contributed by atoms with Crippen molar-refractivity contribution in [1.82, 2.24) is 15.2 Å². The van der Waals surface area contributed by atoms with E-state index in [1.807, 2.05) is 24.3 Å². The molecule has 3 aromatic rings. The predicted octanol–water partition coefficient (Wildman–Crippen LogP) is 4.49. The summed E-state index contributed by atoms with van der Waals surface area (Å²) in [4.78, 5) is 19.4. The van der Waals surface area contributed by atoms with E-state index in [0.717, 1.165) is 68.0 Å². The van der Waals surface area contributed by atoms with Crippen LogP contribution >= 0.6 is 0 Å². The van der Waals surface area contributed by atoms with Gasteiger partial charge in [-0.2, -0.15) is 0 Å². The summed E-state index contributed by atoms with van der Waals surface area (Å²) in [7, 11) is 0. The molecule has 1 aromatic heterocycles. The van der Waals surface area contributed by atoms with Crippen LogP contribution in [0.4, 0.5) is 10.5 Å². The molecule has 2 aliphatic rings. The van der Waals surface area contributed by atoms with Crippen LogP contribution in [0.15, 0.2) is 52.9 Å². The minimum Gasteiger partial charge on any atom is -0.440 e. The van der Waals surface area contributed by atoms with E-state index < -0.39 is 0 Å². The van der Waals surface area contributed by atoms with Crippen LogP contribution in [0, 0.1) is 0 Å². The molecule has 1 aliphatic heterocycles. The highest BCUT2D eigenvalue weighted by Gasteiger charge is 2.29. The third-order valence-corrected chi connectivity index (χ3v) is 5.76. The topological polar surface area (TPSA) is 70.4 Å². The number of hydrogen-bond acceptors (Lipinski definition) is 4. The number of carbonyl (C=O) groups excluding carboxylic acids is 1. The first-order chi connectivity index (χ1) is 14.2. The van der Waals surface area contributed by atoms with Crippen LogP contribution in [-0.4, -0.2) is 35.0 Å². The molecule has 0 radical (unpaired) electrons. The van der Waals surface area contributed by atoms with Gasteiger partial charge in [0.2, 0.25) is 0 Å². The Morgan fingerprint density at radius 1 is 1.07 bits per heavy atom. The molecule has 1 saturated heterocycles. The Hall–Kier alpha value is -2.86. The highest BCUT2D eigenvalue weighted by Crippen LogP contribution is 2.40. The van der Waals surface area contributed by atoms with Gasteiger partial charge in [0, 0.05) is 37.3 Å². The van der Waals surface area contributed by atoms with Crippen molar-refractivity contribution in [3.8, 4) is 0 Å². The number of likely N-dealkylation sites (tertiary alicyclic amines) is 1. The Morgan fingerprint density at radius 2 is 1.86 bits per heavy atom. The molecular weight excluding hydrogens is 364 g/mol. The summed E-state index contributed by atoms with van der Waals surface area (Å²) in [6.07, 6.45) is 4.25. The second kappa shape index (κ2) is 7.87. The Labute approximate surface area is 170 Å². The van der Waals surface area contributed by atoms with Crippen molar-refractivity contribution in [2.45, 2.75) is 44.2 Å². The quantitative estimate of drug-likeness (QED) is 0.673.